The lowest BCUT2D eigenvalue weighted by atomic mass is 10.1. The first kappa shape index (κ1) is 22.4. The highest BCUT2D eigenvalue weighted by molar-refractivity contribution is 6.30. The molecule has 1 N–H and O–H groups in total. The Labute approximate surface area is 186 Å². The summed E-state index contributed by atoms with van der Waals surface area (Å²) in [5.74, 6) is 0.968. The lowest BCUT2D eigenvalue weighted by Crippen LogP contribution is -2.47. The number of methoxy groups -OCH3 is 1. The molecule has 0 fully saturated rings. The van der Waals surface area contributed by atoms with Crippen LogP contribution < -0.4 is 10.1 Å². The Bertz CT molecular complexity index is 985. The Hall–Kier alpha value is -3.25. The fourth-order valence-electron chi connectivity index (χ4n) is 3.12. The van der Waals surface area contributed by atoms with E-state index < -0.39 is 6.04 Å². The summed E-state index contributed by atoms with van der Waals surface area (Å²) in [6.07, 6.45) is 1.72. The summed E-state index contributed by atoms with van der Waals surface area (Å²) in [5, 5.41) is 3.44. The number of hydrogen-bond acceptors (Lipinski definition) is 4. The van der Waals surface area contributed by atoms with Gasteiger partial charge in [-0.25, -0.2) is 0 Å². The van der Waals surface area contributed by atoms with Gasteiger partial charge in [0.1, 0.15) is 17.6 Å². The minimum Gasteiger partial charge on any atom is -0.497 e. The number of benzene rings is 2. The van der Waals surface area contributed by atoms with E-state index in [1.807, 2.05) is 36.4 Å². The molecular formula is C24H25ClN2O4. The zero-order valence-corrected chi connectivity index (χ0v) is 18.3. The van der Waals surface area contributed by atoms with Crippen LogP contribution in [0.1, 0.15) is 23.8 Å². The smallest absolute Gasteiger partial charge is 0.242 e. The van der Waals surface area contributed by atoms with Crippen molar-refractivity contribution < 1.29 is 18.7 Å². The van der Waals surface area contributed by atoms with Crippen molar-refractivity contribution in [3.05, 3.63) is 88.8 Å². The summed E-state index contributed by atoms with van der Waals surface area (Å²) in [4.78, 5) is 27.5. The molecule has 0 radical (unpaired) electrons. The van der Waals surface area contributed by atoms with Gasteiger partial charge in [-0.2, -0.15) is 0 Å². The largest absolute Gasteiger partial charge is 0.497 e. The number of nitrogens with one attached hydrogen (secondary N) is 1. The summed E-state index contributed by atoms with van der Waals surface area (Å²) in [7, 11) is 1.60. The van der Waals surface area contributed by atoms with Crippen molar-refractivity contribution in [3.8, 4) is 5.75 Å². The van der Waals surface area contributed by atoms with Crippen LogP contribution in [0, 0.1) is 0 Å². The number of furan rings is 1. The van der Waals surface area contributed by atoms with Gasteiger partial charge in [-0.05, 0) is 54.4 Å². The van der Waals surface area contributed by atoms with Crippen molar-refractivity contribution in [1.29, 1.82) is 0 Å². The molecule has 0 saturated heterocycles. The van der Waals surface area contributed by atoms with Crippen LogP contribution in [-0.2, 0) is 29.1 Å². The summed E-state index contributed by atoms with van der Waals surface area (Å²) < 4.78 is 10.5. The molecule has 0 aliphatic carbocycles. The SMILES string of the molecule is COc1ccc(CN(C(=O)Cc2ccc(Cl)cc2)C(C)C(=O)NCc2ccco2)cc1. The Balaban J connectivity index is 1.74. The molecule has 31 heavy (non-hydrogen) atoms. The predicted molar refractivity (Wildman–Crippen MR) is 119 cm³/mol. The molecule has 6 nitrogen and oxygen atoms in total. The Kier molecular flexibility index (Phi) is 7.73. The summed E-state index contributed by atoms with van der Waals surface area (Å²) in [6.45, 7) is 2.28. The molecule has 0 aliphatic rings. The molecule has 2 amide bonds. The maximum atomic E-state index is 13.2. The normalized spacial score (nSPS) is 11.6. The second-order valence-electron chi connectivity index (χ2n) is 7.15. The van der Waals surface area contributed by atoms with Gasteiger partial charge in [0, 0.05) is 11.6 Å². The first-order valence-corrected chi connectivity index (χ1v) is 10.3. The molecule has 3 rings (SSSR count). The molecular weight excluding hydrogens is 416 g/mol. The van der Waals surface area contributed by atoms with Crippen molar-refractivity contribution in [2.45, 2.75) is 32.5 Å². The van der Waals surface area contributed by atoms with E-state index in [4.69, 9.17) is 20.8 Å². The standard InChI is InChI=1S/C24H25ClN2O4/c1-17(24(29)26-15-22-4-3-13-31-22)27(16-19-7-11-21(30-2)12-8-19)23(28)14-18-5-9-20(25)10-6-18/h3-13,17H,14-16H2,1-2H3,(H,26,29). The molecule has 0 spiro atoms. The van der Waals surface area contributed by atoms with Crippen molar-refractivity contribution in [3.63, 3.8) is 0 Å². The van der Waals surface area contributed by atoms with Gasteiger partial charge in [0.25, 0.3) is 0 Å². The number of nitrogens with zero attached hydrogens (tertiary/aromatic N) is 1. The Morgan fingerprint density at radius 2 is 1.74 bits per heavy atom. The van der Waals surface area contributed by atoms with Crippen molar-refractivity contribution >= 4 is 23.4 Å². The average Bonchev–Trinajstić information content (AvgIpc) is 3.31. The van der Waals surface area contributed by atoms with Crippen LogP contribution in [0.2, 0.25) is 5.02 Å². The monoisotopic (exact) mass is 440 g/mol. The zero-order valence-electron chi connectivity index (χ0n) is 17.5. The van der Waals surface area contributed by atoms with Gasteiger partial charge in [0.2, 0.25) is 11.8 Å². The number of amides is 2. The number of carbonyl (C=O) groups is 2. The predicted octanol–water partition coefficient (Wildman–Crippen LogP) is 4.22. The molecule has 1 aromatic heterocycles. The van der Waals surface area contributed by atoms with Crippen LogP contribution in [0.15, 0.2) is 71.3 Å². The van der Waals surface area contributed by atoms with E-state index >= 15 is 0 Å². The van der Waals surface area contributed by atoms with Gasteiger partial charge >= 0.3 is 0 Å². The lowest BCUT2D eigenvalue weighted by molar-refractivity contribution is -0.140. The quantitative estimate of drug-likeness (QED) is 0.540. The second-order valence-corrected chi connectivity index (χ2v) is 7.58. The Morgan fingerprint density at radius 3 is 2.35 bits per heavy atom. The third-order valence-electron chi connectivity index (χ3n) is 4.96. The van der Waals surface area contributed by atoms with E-state index in [1.165, 1.54) is 0 Å². The highest BCUT2D eigenvalue weighted by Gasteiger charge is 2.26. The molecule has 1 unspecified atom stereocenters. The van der Waals surface area contributed by atoms with Gasteiger partial charge < -0.3 is 19.4 Å². The third kappa shape index (κ3) is 6.36. The number of halogens is 1. The zero-order chi connectivity index (χ0) is 22.2. The molecule has 0 aliphatic heterocycles. The number of carbonyl (C=O) groups excluding carboxylic acids is 2. The van der Waals surface area contributed by atoms with E-state index in [2.05, 4.69) is 5.32 Å². The van der Waals surface area contributed by atoms with Gasteiger partial charge in [0.15, 0.2) is 0 Å². The van der Waals surface area contributed by atoms with Crippen molar-refractivity contribution in [2.24, 2.45) is 0 Å². The molecule has 162 valence electrons. The van der Waals surface area contributed by atoms with Gasteiger partial charge in [-0.1, -0.05) is 35.9 Å². The van der Waals surface area contributed by atoms with Crippen LogP contribution in [0.25, 0.3) is 0 Å². The van der Waals surface area contributed by atoms with Crippen molar-refractivity contribution in [2.75, 3.05) is 7.11 Å². The number of rotatable bonds is 9. The van der Waals surface area contributed by atoms with Crippen LogP contribution >= 0.6 is 11.6 Å². The van der Waals surface area contributed by atoms with Crippen molar-refractivity contribution in [1.82, 2.24) is 10.2 Å². The third-order valence-corrected chi connectivity index (χ3v) is 5.22. The van der Waals surface area contributed by atoms with Gasteiger partial charge in [-0.3, -0.25) is 9.59 Å². The van der Waals surface area contributed by atoms with E-state index in [9.17, 15) is 9.59 Å². The van der Waals surface area contributed by atoms with Gasteiger partial charge in [0.05, 0.1) is 26.3 Å². The minimum atomic E-state index is -0.670. The fraction of sp³-hybridized carbons (Fsp3) is 0.250. The molecule has 2 aromatic carbocycles. The number of ether oxygens (including phenoxy) is 1. The molecule has 1 atom stereocenters. The molecule has 7 heteroatoms. The minimum absolute atomic E-state index is 0.154. The first-order chi connectivity index (χ1) is 15.0. The van der Waals surface area contributed by atoms with E-state index in [1.54, 1.807) is 49.5 Å². The van der Waals surface area contributed by atoms with E-state index in [-0.39, 0.29) is 24.8 Å². The topological polar surface area (TPSA) is 71.8 Å². The summed E-state index contributed by atoms with van der Waals surface area (Å²) in [5.41, 5.74) is 1.73. The maximum absolute atomic E-state index is 13.2. The van der Waals surface area contributed by atoms with Crippen LogP contribution in [0.5, 0.6) is 5.75 Å². The second kappa shape index (κ2) is 10.7. The molecule has 0 bridgehead atoms. The van der Waals surface area contributed by atoms with Crippen LogP contribution in [0.3, 0.4) is 0 Å². The van der Waals surface area contributed by atoms with Crippen LogP contribution in [-0.4, -0.2) is 29.9 Å². The molecule has 0 saturated carbocycles. The highest BCUT2D eigenvalue weighted by Crippen LogP contribution is 2.17. The molecule has 3 aromatic rings. The maximum Gasteiger partial charge on any atom is 0.242 e. The van der Waals surface area contributed by atoms with E-state index in [0.717, 1.165) is 16.9 Å². The average molecular weight is 441 g/mol. The number of hydrogen-bond donors (Lipinski definition) is 1. The summed E-state index contributed by atoms with van der Waals surface area (Å²) in [6, 6.07) is 17.4. The molecule has 1 heterocycles. The van der Waals surface area contributed by atoms with Gasteiger partial charge in [-0.15, -0.1) is 0 Å². The first-order valence-electron chi connectivity index (χ1n) is 9.93. The van der Waals surface area contributed by atoms with E-state index in [0.29, 0.717) is 17.3 Å². The highest BCUT2D eigenvalue weighted by atomic mass is 35.5. The lowest BCUT2D eigenvalue weighted by Gasteiger charge is -2.29. The summed E-state index contributed by atoms with van der Waals surface area (Å²) >= 11 is 5.95. The Morgan fingerprint density at radius 1 is 1.06 bits per heavy atom. The van der Waals surface area contributed by atoms with Crippen LogP contribution in [0.4, 0.5) is 0 Å². The fourth-order valence-corrected chi connectivity index (χ4v) is 3.25.